The summed E-state index contributed by atoms with van der Waals surface area (Å²) in [6.07, 6.45) is 5.41. The predicted octanol–water partition coefficient (Wildman–Crippen LogP) is 2.94. The van der Waals surface area contributed by atoms with Crippen molar-refractivity contribution in [3.63, 3.8) is 0 Å². The number of halogens is 1. The van der Waals surface area contributed by atoms with E-state index in [-0.39, 0.29) is 11.6 Å². The van der Waals surface area contributed by atoms with Gasteiger partial charge in [0.2, 0.25) is 6.08 Å². The van der Waals surface area contributed by atoms with Crippen LogP contribution in [0.2, 0.25) is 0 Å². The minimum atomic E-state index is -0.581. The molecule has 2 aliphatic carbocycles. The number of isocyanates is 1. The summed E-state index contributed by atoms with van der Waals surface area (Å²) in [6.45, 7) is 0.550. The Balaban J connectivity index is 1.92. The molecule has 4 heteroatoms. The lowest BCUT2D eigenvalue weighted by Gasteiger charge is -2.15. The Morgan fingerprint density at radius 3 is 2.83 bits per heavy atom. The first kappa shape index (κ1) is 11.4. The van der Waals surface area contributed by atoms with Crippen LogP contribution in [0.5, 0.6) is 5.75 Å². The fourth-order valence-corrected chi connectivity index (χ4v) is 2.15. The molecule has 94 valence electrons. The van der Waals surface area contributed by atoms with Crippen LogP contribution in [-0.4, -0.2) is 12.7 Å². The third-order valence-corrected chi connectivity index (χ3v) is 3.61. The Morgan fingerprint density at radius 1 is 1.44 bits per heavy atom. The van der Waals surface area contributed by atoms with Crippen LogP contribution in [-0.2, 0) is 10.3 Å². The van der Waals surface area contributed by atoms with Crippen molar-refractivity contribution >= 4 is 6.08 Å². The van der Waals surface area contributed by atoms with E-state index in [0.717, 1.165) is 25.7 Å². The fraction of sp³-hybridized carbons (Fsp3) is 0.500. The van der Waals surface area contributed by atoms with E-state index in [2.05, 4.69) is 4.99 Å². The van der Waals surface area contributed by atoms with Crippen LogP contribution in [0.15, 0.2) is 23.2 Å². The van der Waals surface area contributed by atoms with Crippen molar-refractivity contribution in [1.82, 2.24) is 0 Å². The molecule has 0 amide bonds. The van der Waals surface area contributed by atoms with Crippen molar-refractivity contribution < 1.29 is 13.9 Å². The van der Waals surface area contributed by atoms with Crippen molar-refractivity contribution in [2.75, 3.05) is 6.61 Å². The summed E-state index contributed by atoms with van der Waals surface area (Å²) < 4.78 is 19.5. The number of carbonyl (C=O) groups excluding carboxylic acids is 1. The van der Waals surface area contributed by atoms with Gasteiger partial charge in [0, 0.05) is 5.56 Å². The highest BCUT2D eigenvalue weighted by atomic mass is 19.1. The van der Waals surface area contributed by atoms with E-state index in [1.165, 1.54) is 6.07 Å². The molecule has 1 aromatic rings. The normalized spacial score (nSPS) is 20.1. The largest absolute Gasteiger partial charge is 0.490 e. The lowest BCUT2D eigenvalue weighted by Crippen LogP contribution is -2.10. The maximum Gasteiger partial charge on any atom is 0.235 e. The zero-order valence-corrected chi connectivity index (χ0v) is 9.99. The van der Waals surface area contributed by atoms with Gasteiger partial charge in [0.1, 0.15) is 5.54 Å². The molecule has 0 atom stereocenters. The van der Waals surface area contributed by atoms with Crippen molar-refractivity contribution in [3.05, 3.63) is 29.6 Å². The minimum Gasteiger partial charge on any atom is -0.490 e. The molecule has 0 radical (unpaired) electrons. The summed E-state index contributed by atoms with van der Waals surface area (Å²) in [7, 11) is 0. The highest BCUT2D eigenvalue weighted by Gasteiger charge is 2.47. The molecule has 2 aliphatic rings. The van der Waals surface area contributed by atoms with Gasteiger partial charge in [-0.15, -0.1) is 0 Å². The van der Waals surface area contributed by atoms with Crippen LogP contribution >= 0.6 is 0 Å². The Labute approximate surface area is 105 Å². The zero-order chi connectivity index (χ0) is 12.6. The smallest absolute Gasteiger partial charge is 0.235 e. The number of benzene rings is 1. The third-order valence-electron chi connectivity index (χ3n) is 3.61. The number of aliphatic imine (C=N–C) groups is 1. The van der Waals surface area contributed by atoms with Crippen LogP contribution in [0.4, 0.5) is 4.39 Å². The lowest BCUT2D eigenvalue weighted by molar-refractivity contribution is 0.280. The van der Waals surface area contributed by atoms with E-state index in [9.17, 15) is 9.18 Å². The van der Waals surface area contributed by atoms with E-state index < -0.39 is 5.54 Å². The Hall–Kier alpha value is -1.67. The van der Waals surface area contributed by atoms with Gasteiger partial charge in [0.25, 0.3) is 0 Å². The molecule has 0 aromatic heterocycles. The van der Waals surface area contributed by atoms with E-state index in [4.69, 9.17) is 4.74 Å². The van der Waals surface area contributed by atoms with E-state index >= 15 is 0 Å². The number of rotatable bonds is 5. The highest BCUT2D eigenvalue weighted by molar-refractivity contribution is 5.47. The van der Waals surface area contributed by atoms with Gasteiger partial charge in [0.15, 0.2) is 11.6 Å². The fourth-order valence-electron chi connectivity index (χ4n) is 2.15. The quantitative estimate of drug-likeness (QED) is 0.592. The average molecular weight is 247 g/mol. The number of para-hydroxylation sites is 1. The molecule has 3 nitrogen and oxygen atoms in total. The summed E-state index contributed by atoms with van der Waals surface area (Å²) in [4.78, 5) is 14.3. The number of ether oxygens (including phenoxy) is 1. The summed E-state index contributed by atoms with van der Waals surface area (Å²) >= 11 is 0. The molecular weight excluding hydrogens is 233 g/mol. The van der Waals surface area contributed by atoms with Gasteiger partial charge in [0.05, 0.1) is 6.61 Å². The molecule has 18 heavy (non-hydrogen) atoms. The molecule has 0 N–H and O–H groups in total. The van der Waals surface area contributed by atoms with Gasteiger partial charge < -0.3 is 4.74 Å². The molecule has 0 unspecified atom stereocenters. The minimum absolute atomic E-state index is 0.265. The lowest BCUT2D eigenvalue weighted by atomic mass is 10.0. The monoisotopic (exact) mass is 247 g/mol. The third kappa shape index (κ3) is 2.04. The molecular formula is C14H14FNO2. The van der Waals surface area contributed by atoms with Gasteiger partial charge >= 0.3 is 0 Å². The number of nitrogens with zero attached hydrogens (tertiary/aromatic N) is 1. The average Bonchev–Trinajstić information content (AvgIpc) is 3.23. The summed E-state index contributed by atoms with van der Waals surface area (Å²) in [5.41, 5.74) is 0.106. The second-order valence-corrected chi connectivity index (χ2v) is 5.11. The molecule has 1 aromatic carbocycles. The molecule has 2 fully saturated rings. The molecule has 0 saturated heterocycles. The van der Waals surface area contributed by atoms with Gasteiger partial charge in [-0.05, 0) is 37.7 Å². The summed E-state index contributed by atoms with van der Waals surface area (Å²) in [5.74, 6) is 0.448. The SMILES string of the molecule is O=C=NC1(c2cccc(F)c2OCC2CC2)CC1. The first-order chi connectivity index (χ1) is 8.75. The van der Waals surface area contributed by atoms with Crippen LogP contribution in [0.25, 0.3) is 0 Å². The van der Waals surface area contributed by atoms with Gasteiger partial charge in [-0.1, -0.05) is 12.1 Å². The zero-order valence-electron chi connectivity index (χ0n) is 9.99. The Kier molecular flexibility index (Phi) is 2.67. The van der Waals surface area contributed by atoms with Crippen LogP contribution in [0, 0.1) is 11.7 Å². The topological polar surface area (TPSA) is 38.7 Å². The van der Waals surface area contributed by atoms with Crippen LogP contribution < -0.4 is 4.74 Å². The van der Waals surface area contributed by atoms with Gasteiger partial charge in [-0.3, -0.25) is 0 Å². The molecule has 0 aliphatic heterocycles. The molecule has 0 spiro atoms. The Bertz CT molecular complexity index is 515. The van der Waals surface area contributed by atoms with Crippen molar-refractivity contribution in [3.8, 4) is 5.75 Å². The summed E-state index contributed by atoms with van der Waals surface area (Å²) in [6, 6.07) is 4.81. The molecule has 3 rings (SSSR count). The number of hydrogen-bond donors (Lipinski definition) is 0. The van der Waals surface area contributed by atoms with Gasteiger partial charge in [-0.25, -0.2) is 9.18 Å². The van der Waals surface area contributed by atoms with E-state index in [1.54, 1.807) is 18.2 Å². The van der Waals surface area contributed by atoms with E-state index in [1.807, 2.05) is 0 Å². The first-order valence-electron chi connectivity index (χ1n) is 6.26. The van der Waals surface area contributed by atoms with Crippen LogP contribution in [0.1, 0.15) is 31.2 Å². The highest BCUT2D eigenvalue weighted by Crippen LogP contribution is 2.52. The van der Waals surface area contributed by atoms with E-state index in [0.29, 0.717) is 18.1 Å². The maximum absolute atomic E-state index is 13.9. The Morgan fingerprint density at radius 2 is 2.22 bits per heavy atom. The second-order valence-electron chi connectivity index (χ2n) is 5.11. The molecule has 0 bridgehead atoms. The maximum atomic E-state index is 13.9. The summed E-state index contributed by atoms with van der Waals surface area (Å²) in [5, 5.41) is 0. The van der Waals surface area contributed by atoms with Gasteiger partial charge in [-0.2, -0.15) is 4.99 Å². The van der Waals surface area contributed by atoms with Crippen LogP contribution in [0.3, 0.4) is 0 Å². The molecule has 0 heterocycles. The van der Waals surface area contributed by atoms with Crippen molar-refractivity contribution in [2.45, 2.75) is 31.2 Å². The standard InChI is InChI=1S/C14H14FNO2/c15-12-3-1-2-11(14(6-7-14)16-9-17)13(12)18-8-10-4-5-10/h1-3,10H,4-8H2. The first-order valence-corrected chi connectivity index (χ1v) is 6.26. The number of hydrogen-bond acceptors (Lipinski definition) is 3. The molecule has 2 saturated carbocycles. The predicted molar refractivity (Wildman–Crippen MR) is 63.7 cm³/mol. The van der Waals surface area contributed by atoms with Crippen molar-refractivity contribution in [1.29, 1.82) is 0 Å². The second kappa shape index (κ2) is 4.21. The van der Waals surface area contributed by atoms with Crippen molar-refractivity contribution in [2.24, 2.45) is 10.9 Å².